The minimum absolute atomic E-state index is 0.201. The molecule has 3 aromatic carbocycles. The van der Waals surface area contributed by atoms with Crippen molar-refractivity contribution in [3.05, 3.63) is 77.6 Å². The molecule has 1 aromatic heterocycles. The van der Waals surface area contributed by atoms with Crippen molar-refractivity contribution < 1.29 is 18.7 Å². The molecule has 4 aromatic rings. The first-order valence-electron chi connectivity index (χ1n) is 8.97. The SMILES string of the molecule is CN(C(=O)COc1ccc(Oc2nc3ccc(Cl)cc3s2)cc1)c1ccccc1F. The van der Waals surface area contributed by atoms with Crippen LogP contribution >= 0.6 is 22.9 Å². The molecule has 1 amide bonds. The van der Waals surface area contributed by atoms with Gasteiger partial charge in [-0.15, -0.1) is 0 Å². The van der Waals surface area contributed by atoms with Gasteiger partial charge in [0.25, 0.3) is 11.1 Å². The van der Waals surface area contributed by atoms with Gasteiger partial charge < -0.3 is 14.4 Å². The Morgan fingerprint density at radius 3 is 2.60 bits per heavy atom. The fourth-order valence-corrected chi connectivity index (χ4v) is 3.84. The van der Waals surface area contributed by atoms with Crippen molar-refractivity contribution in [2.45, 2.75) is 0 Å². The van der Waals surface area contributed by atoms with E-state index in [-0.39, 0.29) is 18.2 Å². The van der Waals surface area contributed by atoms with Gasteiger partial charge in [0.1, 0.15) is 17.3 Å². The summed E-state index contributed by atoms with van der Waals surface area (Å²) in [5.41, 5.74) is 1.02. The molecule has 1 heterocycles. The van der Waals surface area contributed by atoms with Gasteiger partial charge in [-0.1, -0.05) is 35.1 Å². The molecular weight excluding hydrogens is 427 g/mol. The molecule has 0 aliphatic rings. The Morgan fingerprint density at radius 1 is 1.10 bits per heavy atom. The number of benzene rings is 3. The van der Waals surface area contributed by atoms with E-state index < -0.39 is 5.82 Å². The van der Waals surface area contributed by atoms with E-state index in [1.54, 1.807) is 42.5 Å². The summed E-state index contributed by atoms with van der Waals surface area (Å²) < 4.78 is 26.1. The van der Waals surface area contributed by atoms with E-state index in [0.29, 0.717) is 21.7 Å². The Bertz CT molecular complexity index is 1200. The molecule has 0 atom stereocenters. The van der Waals surface area contributed by atoms with Gasteiger partial charge in [-0.3, -0.25) is 4.79 Å². The molecule has 5 nitrogen and oxygen atoms in total. The van der Waals surface area contributed by atoms with E-state index in [1.807, 2.05) is 12.1 Å². The molecule has 0 aliphatic heterocycles. The van der Waals surface area contributed by atoms with Crippen LogP contribution in [-0.4, -0.2) is 24.5 Å². The van der Waals surface area contributed by atoms with Crippen LogP contribution in [-0.2, 0) is 4.79 Å². The lowest BCUT2D eigenvalue weighted by molar-refractivity contribution is -0.120. The molecule has 0 saturated heterocycles. The molecule has 8 heteroatoms. The number of ether oxygens (including phenoxy) is 2. The zero-order valence-electron chi connectivity index (χ0n) is 15.8. The maximum Gasteiger partial charge on any atom is 0.279 e. The summed E-state index contributed by atoms with van der Waals surface area (Å²) in [7, 11) is 1.51. The quantitative estimate of drug-likeness (QED) is 0.371. The third kappa shape index (κ3) is 4.53. The largest absolute Gasteiger partial charge is 0.484 e. The topological polar surface area (TPSA) is 51.7 Å². The van der Waals surface area contributed by atoms with Crippen molar-refractivity contribution in [2.75, 3.05) is 18.6 Å². The first-order chi connectivity index (χ1) is 14.5. The Morgan fingerprint density at radius 2 is 1.83 bits per heavy atom. The minimum Gasteiger partial charge on any atom is -0.484 e. The summed E-state index contributed by atoms with van der Waals surface area (Å²) in [5, 5.41) is 1.15. The second kappa shape index (κ2) is 8.69. The number of carbonyl (C=O) groups excluding carboxylic acids is 1. The highest BCUT2D eigenvalue weighted by molar-refractivity contribution is 7.20. The van der Waals surface area contributed by atoms with Crippen LogP contribution < -0.4 is 14.4 Å². The summed E-state index contributed by atoms with van der Waals surface area (Å²) in [4.78, 5) is 17.9. The van der Waals surface area contributed by atoms with Gasteiger partial charge in [0.15, 0.2) is 6.61 Å². The molecule has 0 bridgehead atoms. The Balaban J connectivity index is 1.36. The average molecular weight is 443 g/mol. The third-order valence-corrected chi connectivity index (χ3v) is 5.44. The van der Waals surface area contributed by atoms with Crippen LogP contribution in [0.25, 0.3) is 10.2 Å². The van der Waals surface area contributed by atoms with E-state index in [4.69, 9.17) is 21.1 Å². The van der Waals surface area contributed by atoms with E-state index in [9.17, 15) is 9.18 Å². The van der Waals surface area contributed by atoms with E-state index in [1.165, 1.54) is 35.4 Å². The monoisotopic (exact) mass is 442 g/mol. The molecule has 30 heavy (non-hydrogen) atoms. The number of thiazole rings is 1. The van der Waals surface area contributed by atoms with Gasteiger partial charge in [-0.2, -0.15) is 0 Å². The number of aromatic nitrogens is 1. The Kier molecular flexibility index (Phi) is 5.83. The molecule has 0 saturated carbocycles. The van der Waals surface area contributed by atoms with Crippen LogP contribution in [0, 0.1) is 5.82 Å². The van der Waals surface area contributed by atoms with Crippen LogP contribution in [0.5, 0.6) is 16.7 Å². The van der Waals surface area contributed by atoms with Gasteiger partial charge in [0, 0.05) is 12.1 Å². The van der Waals surface area contributed by atoms with Crippen molar-refractivity contribution in [1.82, 2.24) is 4.98 Å². The predicted molar refractivity (Wildman–Crippen MR) is 116 cm³/mol. The maximum absolute atomic E-state index is 13.8. The lowest BCUT2D eigenvalue weighted by atomic mass is 10.3. The summed E-state index contributed by atoms with van der Waals surface area (Å²) in [6.45, 7) is -0.219. The molecular formula is C22H16ClFN2O3S. The zero-order chi connectivity index (χ0) is 21.1. The average Bonchev–Trinajstić information content (AvgIpc) is 3.14. The van der Waals surface area contributed by atoms with Crippen LogP contribution in [0.4, 0.5) is 10.1 Å². The number of hydrogen-bond acceptors (Lipinski definition) is 5. The normalized spacial score (nSPS) is 10.8. The van der Waals surface area contributed by atoms with Crippen molar-refractivity contribution in [2.24, 2.45) is 0 Å². The van der Waals surface area contributed by atoms with Crippen LogP contribution in [0.15, 0.2) is 66.7 Å². The number of anilines is 1. The first-order valence-corrected chi connectivity index (χ1v) is 10.2. The van der Waals surface area contributed by atoms with E-state index in [0.717, 1.165) is 10.2 Å². The Hall–Kier alpha value is -3.16. The number of hydrogen-bond donors (Lipinski definition) is 0. The highest BCUT2D eigenvalue weighted by Gasteiger charge is 2.15. The van der Waals surface area contributed by atoms with Gasteiger partial charge in [0.2, 0.25) is 0 Å². The van der Waals surface area contributed by atoms with E-state index >= 15 is 0 Å². The summed E-state index contributed by atoms with van der Waals surface area (Å²) in [6, 6.07) is 18.4. The highest BCUT2D eigenvalue weighted by atomic mass is 35.5. The maximum atomic E-state index is 13.8. The van der Waals surface area contributed by atoms with Gasteiger partial charge >= 0.3 is 0 Å². The number of carbonyl (C=O) groups is 1. The number of para-hydroxylation sites is 1. The van der Waals surface area contributed by atoms with Crippen LogP contribution in [0.1, 0.15) is 0 Å². The smallest absolute Gasteiger partial charge is 0.279 e. The summed E-state index contributed by atoms with van der Waals surface area (Å²) in [6.07, 6.45) is 0. The minimum atomic E-state index is -0.466. The highest BCUT2D eigenvalue weighted by Crippen LogP contribution is 2.33. The fourth-order valence-electron chi connectivity index (χ4n) is 2.73. The fraction of sp³-hybridized carbons (Fsp3) is 0.0909. The number of fused-ring (bicyclic) bond motifs is 1. The number of likely N-dealkylation sites (N-methyl/N-ethyl adjacent to an activating group) is 1. The van der Waals surface area contributed by atoms with Crippen LogP contribution in [0.2, 0.25) is 5.02 Å². The van der Waals surface area contributed by atoms with Gasteiger partial charge in [0.05, 0.1) is 15.9 Å². The number of amides is 1. The molecule has 152 valence electrons. The Labute approximate surface area is 181 Å². The second-order valence-electron chi connectivity index (χ2n) is 6.36. The molecule has 0 aliphatic carbocycles. The third-order valence-electron chi connectivity index (χ3n) is 4.31. The summed E-state index contributed by atoms with van der Waals surface area (Å²) in [5.74, 6) is 0.247. The molecule has 0 N–H and O–H groups in total. The molecule has 0 fully saturated rings. The van der Waals surface area contributed by atoms with Gasteiger partial charge in [-0.25, -0.2) is 9.37 Å². The van der Waals surface area contributed by atoms with Gasteiger partial charge in [-0.05, 0) is 54.6 Å². The number of halogens is 2. The van der Waals surface area contributed by atoms with Crippen molar-refractivity contribution in [3.8, 4) is 16.7 Å². The number of rotatable bonds is 6. The van der Waals surface area contributed by atoms with Crippen molar-refractivity contribution in [3.63, 3.8) is 0 Å². The molecule has 0 unspecified atom stereocenters. The zero-order valence-corrected chi connectivity index (χ0v) is 17.4. The van der Waals surface area contributed by atoms with Crippen molar-refractivity contribution in [1.29, 1.82) is 0 Å². The standard InChI is InChI=1S/C22H16ClFN2O3S/c1-26(19-5-3-2-4-17(19)24)21(27)13-28-15-7-9-16(10-8-15)29-22-25-18-11-6-14(23)12-20(18)30-22/h2-12H,13H2,1H3. The molecule has 0 spiro atoms. The lowest BCUT2D eigenvalue weighted by Crippen LogP contribution is -2.31. The first kappa shape index (κ1) is 20.1. The second-order valence-corrected chi connectivity index (χ2v) is 7.79. The number of nitrogens with zero attached hydrogens (tertiary/aromatic N) is 2. The molecule has 4 rings (SSSR count). The lowest BCUT2D eigenvalue weighted by Gasteiger charge is -2.18. The van der Waals surface area contributed by atoms with Crippen LogP contribution in [0.3, 0.4) is 0 Å². The van der Waals surface area contributed by atoms with Crippen molar-refractivity contribution >= 4 is 44.7 Å². The molecule has 0 radical (unpaired) electrons. The predicted octanol–water partition coefficient (Wildman–Crippen LogP) is 5.92. The van der Waals surface area contributed by atoms with E-state index in [2.05, 4.69) is 4.98 Å². The summed E-state index contributed by atoms with van der Waals surface area (Å²) >= 11 is 7.40.